The fourth-order valence-electron chi connectivity index (χ4n) is 1.82. The molecular weight excluding hydrogens is 258 g/mol. The molecule has 2 N–H and O–H groups in total. The molecule has 2 rings (SSSR count). The molecule has 0 bridgehead atoms. The van der Waals surface area contributed by atoms with Crippen LogP contribution < -0.4 is 11.2 Å². The van der Waals surface area contributed by atoms with Gasteiger partial charge in [-0.05, 0) is 38.5 Å². The van der Waals surface area contributed by atoms with E-state index in [1.165, 1.54) is 0 Å². The van der Waals surface area contributed by atoms with Crippen molar-refractivity contribution in [1.82, 2.24) is 14.1 Å². The molecule has 0 aliphatic rings. The summed E-state index contributed by atoms with van der Waals surface area (Å²) in [5.74, 6) is 0. The third-order valence-corrected chi connectivity index (χ3v) is 2.75. The van der Waals surface area contributed by atoms with Crippen molar-refractivity contribution in [2.75, 3.05) is 0 Å². The summed E-state index contributed by atoms with van der Waals surface area (Å²) in [7, 11) is 0. The lowest BCUT2D eigenvalue weighted by Crippen LogP contribution is -2.39. The zero-order valence-electron chi connectivity index (χ0n) is 23.3. The van der Waals surface area contributed by atoms with Crippen molar-refractivity contribution in [2.24, 2.45) is 6.98 Å². The minimum absolute atomic E-state index is 0.134. The number of H-pyrrole nitrogens is 1. The van der Waals surface area contributed by atoms with E-state index in [0.717, 1.165) is 0 Å². The van der Waals surface area contributed by atoms with E-state index in [1.807, 2.05) is 0 Å². The third-order valence-electron chi connectivity index (χ3n) is 2.75. The Morgan fingerprint density at radius 2 is 2.45 bits per heavy atom. The zero-order valence-corrected chi connectivity index (χ0v) is 10.3. The van der Waals surface area contributed by atoms with Gasteiger partial charge in [-0.25, -0.2) is 4.79 Å². The third kappa shape index (κ3) is 2.56. The van der Waals surface area contributed by atoms with E-state index < -0.39 is 86.5 Å². The number of aryl methyl sites for hydroxylation is 2. The van der Waals surface area contributed by atoms with E-state index in [1.54, 1.807) is 0 Å². The Labute approximate surface area is 134 Å². The van der Waals surface area contributed by atoms with Crippen LogP contribution in [0.3, 0.4) is 0 Å². The summed E-state index contributed by atoms with van der Waals surface area (Å²) < 4.78 is 98.3. The Balaban J connectivity index is 2.65. The van der Waals surface area contributed by atoms with E-state index in [9.17, 15) is 14.7 Å². The van der Waals surface area contributed by atoms with Gasteiger partial charge in [0.05, 0.1) is 14.2 Å². The second kappa shape index (κ2) is 5.66. The van der Waals surface area contributed by atoms with Gasteiger partial charge in [0.1, 0.15) is 5.65 Å². The van der Waals surface area contributed by atoms with Crippen molar-refractivity contribution in [3.05, 3.63) is 32.6 Å². The Morgan fingerprint density at radius 1 is 1.60 bits per heavy atom. The van der Waals surface area contributed by atoms with E-state index in [2.05, 4.69) is 4.98 Å². The summed E-state index contributed by atoms with van der Waals surface area (Å²) in [4.78, 5) is 27.9. The van der Waals surface area contributed by atoms with Crippen LogP contribution in [-0.2, 0) is 13.5 Å². The first kappa shape index (κ1) is 5.18. The van der Waals surface area contributed by atoms with Crippen LogP contribution in [0.4, 0.5) is 0 Å². The van der Waals surface area contributed by atoms with Crippen LogP contribution in [0.25, 0.3) is 11.0 Å². The molecule has 20 heavy (non-hydrogen) atoms. The fourth-order valence-corrected chi connectivity index (χ4v) is 1.82. The van der Waals surface area contributed by atoms with Gasteiger partial charge < -0.3 is 10.1 Å². The monoisotopic (exact) mass is 292 g/mol. The molecule has 0 aromatic carbocycles. The topological polar surface area (TPSA) is 80.0 Å². The van der Waals surface area contributed by atoms with Gasteiger partial charge in [-0.2, -0.15) is 0 Å². The Kier molecular flexibility index (Phi) is 1.47. The molecule has 0 amide bonds. The van der Waals surface area contributed by atoms with Crippen LogP contribution in [0.2, 0.25) is 0 Å². The van der Waals surface area contributed by atoms with Crippen LogP contribution in [0.15, 0.2) is 15.8 Å². The lowest BCUT2D eigenvalue weighted by atomic mass is 10.2. The standard InChI is InChI=1S/C14H21N3O3/c1-9-8-15-12-11(9)13(19)17(14(20)16(12)3)7-5-4-6-10(2)18/h8,10,15,18H,4-7H2,1-3H3/i1D3,2D3,3D3,6D2,8D,10D. The Bertz CT molecular complexity index is 1160. The smallest absolute Gasteiger partial charge is 0.332 e. The summed E-state index contributed by atoms with van der Waals surface area (Å²) in [6.45, 7) is -10.3. The van der Waals surface area contributed by atoms with Crippen LogP contribution in [0, 0.1) is 6.85 Å². The van der Waals surface area contributed by atoms with Crippen LogP contribution in [0.1, 0.15) is 49.4 Å². The number of aromatic nitrogens is 3. The van der Waals surface area contributed by atoms with Crippen LogP contribution in [-0.4, -0.2) is 25.3 Å². The number of hydrogen-bond donors (Lipinski definition) is 2. The molecule has 0 aliphatic heterocycles. The summed E-state index contributed by atoms with van der Waals surface area (Å²) in [6.07, 6.45) is -8.62. The van der Waals surface area contributed by atoms with Crippen molar-refractivity contribution in [2.45, 2.75) is 45.5 Å². The number of fused-ring (bicyclic) bond motifs is 1. The predicted octanol–water partition coefficient (Wildman–Crippen LogP) is 0.888. The minimum atomic E-state index is -3.51. The number of hydrogen-bond acceptors (Lipinski definition) is 3. The molecule has 1 unspecified atom stereocenters. The van der Waals surface area contributed by atoms with Gasteiger partial charge in [0.15, 0.2) is 0 Å². The first-order chi connectivity index (χ1) is 14.6. The largest absolute Gasteiger partial charge is 0.393 e. The molecule has 0 saturated carbocycles. The number of aromatic amines is 1. The molecule has 0 radical (unpaired) electrons. The highest BCUT2D eigenvalue weighted by Gasteiger charge is 2.13. The molecule has 0 fully saturated rings. The second-order valence-electron chi connectivity index (χ2n) is 4.05. The first-order valence-electron chi connectivity index (χ1n) is 12.2. The van der Waals surface area contributed by atoms with Gasteiger partial charge in [0.25, 0.3) is 5.56 Å². The van der Waals surface area contributed by atoms with Gasteiger partial charge in [0.2, 0.25) is 0 Å². The average Bonchev–Trinajstić information content (AvgIpc) is 2.92. The molecule has 2 aromatic heterocycles. The normalized spacial score (nSPS) is 26.8. The van der Waals surface area contributed by atoms with Gasteiger partial charge in [-0.15, -0.1) is 0 Å². The summed E-state index contributed by atoms with van der Waals surface area (Å²) in [6, 6.07) is 0. The number of nitrogens with one attached hydrogen (secondary N) is 1. The molecule has 0 saturated heterocycles. The molecule has 0 aliphatic carbocycles. The summed E-state index contributed by atoms with van der Waals surface area (Å²) >= 11 is 0. The highest BCUT2D eigenvalue weighted by Crippen LogP contribution is 2.10. The Morgan fingerprint density at radius 3 is 3.15 bits per heavy atom. The maximum absolute atomic E-state index is 13.0. The van der Waals surface area contributed by atoms with Crippen molar-refractivity contribution in [3.63, 3.8) is 0 Å². The highest BCUT2D eigenvalue weighted by atomic mass is 16.3. The molecule has 110 valence electrons. The average molecular weight is 292 g/mol. The maximum atomic E-state index is 13.0. The molecule has 1 atom stereocenters. The number of aliphatic hydroxyl groups is 1. The van der Waals surface area contributed by atoms with Gasteiger partial charge in [-0.3, -0.25) is 13.9 Å². The molecular formula is C14H21N3O3. The molecule has 2 aromatic rings. The van der Waals surface area contributed by atoms with E-state index >= 15 is 0 Å². The number of rotatable bonds is 5. The second-order valence-corrected chi connectivity index (χ2v) is 4.05. The lowest BCUT2D eigenvalue weighted by Gasteiger charge is -2.09. The van der Waals surface area contributed by atoms with Crippen molar-refractivity contribution in [3.8, 4) is 0 Å². The minimum Gasteiger partial charge on any atom is -0.393 e. The maximum Gasteiger partial charge on any atom is 0.332 e. The molecule has 2 heterocycles. The number of nitrogens with zero attached hydrogens (tertiary/aromatic N) is 2. The zero-order chi connectivity index (χ0) is 25.9. The molecule has 6 nitrogen and oxygen atoms in total. The quantitative estimate of drug-likeness (QED) is 0.859. The van der Waals surface area contributed by atoms with E-state index in [-0.39, 0.29) is 4.57 Å². The van der Waals surface area contributed by atoms with Crippen molar-refractivity contribution < 1.29 is 22.9 Å². The lowest BCUT2D eigenvalue weighted by molar-refractivity contribution is 0.180. The van der Waals surface area contributed by atoms with Gasteiger partial charge >= 0.3 is 5.69 Å². The molecule has 6 heteroatoms. The van der Waals surface area contributed by atoms with Gasteiger partial charge in [-0.1, -0.05) is 0 Å². The SMILES string of the molecule is [2H]c1[nH]c2c(c1C([2H])([2H])[2H])c(=O)n(CCCC([2H])([2H])C([2H])(O)C([2H])([2H])[2H])c(=O)n2C([2H])([2H])[2H]. The summed E-state index contributed by atoms with van der Waals surface area (Å²) in [5, 5.41) is 9.12. The van der Waals surface area contributed by atoms with Crippen molar-refractivity contribution in [1.29, 1.82) is 0 Å². The Hall–Kier alpha value is -1.82. The fraction of sp³-hybridized carbons (Fsp3) is 0.571. The summed E-state index contributed by atoms with van der Waals surface area (Å²) in [5.41, 5.74) is -4.12. The van der Waals surface area contributed by atoms with E-state index in [4.69, 9.17) is 17.8 Å². The molecule has 0 spiro atoms. The van der Waals surface area contributed by atoms with Crippen molar-refractivity contribution >= 4 is 11.0 Å². The van der Waals surface area contributed by atoms with Gasteiger partial charge in [0, 0.05) is 34.8 Å². The highest BCUT2D eigenvalue weighted by molar-refractivity contribution is 5.78. The first-order valence-corrected chi connectivity index (χ1v) is 5.67. The van der Waals surface area contributed by atoms with Crippen LogP contribution in [0.5, 0.6) is 0 Å². The predicted molar refractivity (Wildman–Crippen MR) is 78.1 cm³/mol. The van der Waals surface area contributed by atoms with E-state index in [0.29, 0.717) is 4.57 Å². The van der Waals surface area contributed by atoms with Crippen LogP contribution >= 0.6 is 0 Å².